The van der Waals surface area contributed by atoms with Gasteiger partial charge in [-0.3, -0.25) is 0 Å². The van der Waals surface area contributed by atoms with Gasteiger partial charge in [0.05, 0.1) is 5.60 Å². The van der Waals surface area contributed by atoms with Gasteiger partial charge in [-0.05, 0) is 49.3 Å². The Morgan fingerprint density at radius 3 is 2.14 bits per heavy atom. The zero-order chi connectivity index (χ0) is 16.0. The SMILES string of the molecule is CN1C2CCCC1CC(O)(Cc1ccc(C(C)(C)C)cc1)C2. The highest BCUT2D eigenvalue weighted by atomic mass is 16.3. The molecule has 0 amide bonds. The Balaban J connectivity index is 1.72. The van der Waals surface area contributed by atoms with Crippen molar-refractivity contribution < 1.29 is 5.11 Å². The molecular formula is C20H31NO. The summed E-state index contributed by atoms with van der Waals surface area (Å²) in [5.41, 5.74) is 2.33. The summed E-state index contributed by atoms with van der Waals surface area (Å²) in [6, 6.07) is 10.0. The van der Waals surface area contributed by atoms with Crippen molar-refractivity contribution in [3.8, 4) is 0 Å². The molecule has 122 valence electrons. The van der Waals surface area contributed by atoms with Crippen molar-refractivity contribution in [3.05, 3.63) is 35.4 Å². The molecule has 2 atom stereocenters. The largest absolute Gasteiger partial charge is 0.389 e. The van der Waals surface area contributed by atoms with Gasteiger partial charge in [0, 0.05) is 18.5 Å². The van der Waals surface area contributed by atoms with Crippen molar-refractivity contribution in [1.82, 2.24) is 4.90 Å². The van der Waals surface area contributed by atoms with Crippen LogP contribution in [0.5, 0.6) is 0 Å². The van der Waals surface area contributed by atoms with Gasteiger partial charge in [-0.2, -0.15) is 0 Å². The minimum absolute atomic E-state index is 0.194. The predicted octanol–water partition coefficient (Wildman–Crippen LogP) is 3.90. The normalized spacial score (nSPS) is 33.0. The summed E-state index contributed by atoms with van der Waals surface area (Å²) >= 11 is 0. The fourth-order valence-electron chi connectivity index (χ4n) is 4.39. The molecule has 2 fully saturated rings. The molecule has 0 aromatic heterocycles. The van der Waals surface area contributed by atoms with Gasteiger partial charge in [-0.15, -0.1) is 0 Å². The second-order valence-electron chi connectivity index (χ2n) is 8.66. The Morgan fingerprint density at radius 2 is 1.64 bits per heavy atom. The van der Waals surface area contributed by atoms with Crippen LogP contribution in [0.1, 0.15) is 64.0 Å². The highest BCUT2D eigenvalue weighted by molar-refractivity contribution is 5.28. The van der Waals surface area contributed by atoms with Crippen LogP contribution in [0.15, 0.2) is 24.3 Å². The van der Waals surface area contributed by atoms with E-state index in [-0.39, 0.29) is 5.41 Å². The first-order valence-corrected chi connectivity index (χ1v) is 8.81. The van der Waals surface area contributed by atoms with E-state index in [1.54, 1.807) is 0 Å². The molecule has 0 radical (unpaired) electrons. The van der Waals surface area contributed by atoms with Crippen LogP contribution in [0.3, 0.4) is 0 Å². The van der Waals surface area contributed by atoms with E-state index in [1.807, 2.05) is 0 Å². The van der Waals surface area contributed by atoms with Gasteiger partial charge in [-0.1, -0.05) is 51.5 Å². The molecule has 2 nitrogen and oxygen atoms in total. The summed E-state index contributed by atoms with van der Waals surface area (Å²) in [4.78, 5) is 2.51. The highest BCUT2D eigenvalue weighted by Crippen LogP contribution is 2.39. The molecule has 0 saturated carbocycles. The first-order valence-electron chi connectivity index (χ1n) is 8.81. The lowest BCUT2D eigenvalue weighted by Crippen LogP contribution is -2.57. The van der Waals surface area contributed by atoms with E-state index in [4.69, 9.17) is 0 Å². The third kappa shape index (κ3) is 3.23. The lowest BCUT2D eigenvalue weighted by molar-refractivity contribution is -0.0820. The summed E-state index contributed by atoms with van der Waals surface area (Å²) < 4.78 is 0. The van der Waals surface area contributed by atoms with Crippen LogP contribution in [0.25, 0.3) is 0 Å². The van der Waals surface area contributed by atoms with E-state index < -0.39 is 5.60 Å². The third-order valence-corrected chi connectivity index (χ3v) is 5.81. The summed E-state index contributed by atoms with van der Waals surface area (Å²) in [5, 5.41) is 11.2. The van der Waals surface area contributed by atoms with Gasteiger partial charge in [0.15, 0.2) is 0 Å². The number of hydrogen-bond acceptors (Lipinski definition) is 2. The van der Waals surface area contributed by atoms with E-state index in [1.165, 1.54) is 30.4 Å². The number of aliphatic hydroxyl groups is 1. The second-order valence-corrected chi connectivity index (χ2v) is 8.66. The number of hydrogen-bond donors (Lipinski definition) is 1. The fraction of sp³-hybridized carbons (Fsp3) is 0.700. The van der Waals surface area contributed by atoms with Crippen LogP contribution in [-0.2, 0) is 11.8 Å². The van der Waals surface area contributed by atoms with E-state index in [0.29, 0.717) is 12.1 Å². The van der Waals surface area contributed by atoms with Crippen molar-refractivity contribution in [2.45, 2.75) is 82.4 Å². The van der Waals surface area contributed by atoms with Crippen molar-refractivity contribution in [2.75, 3.05) is 7.05 Å². The Hall–Kier alpha value is -0.860. The molecule has 22 heavy (non-hydrogen) atoms. The maximum atomic E-state index is 11.2. The molecule has 2 heterocycles. The lowest BCUT2D eigenvalue weighted by atomic mass is 9.73. The summed E-state index contributed by atoms with van der Waals surface area (Å²) in [6.07, 6.45) is 6.49. The second kappa shape index (κ2) is 5.65. The molecule has 2 aliphatic rings. The smallest absolute Gasteiger partial charge is 0.0717 e. The number of piperidine rings is 2. The van der Waals surface area contributed by atoms with Crippen molar-refractivity contribution in [3.63, 3.8) is 0 Å². The predicted molar refractivity (Wildman–Crippen MR) is 92.2 cm³/mol. The number of rotatable bonds is 2. The Morgan fingerprint density at radius 1 is 1.09 bits per heavy atom. The van der Waals surface area contributed by atoms with Crippen LogP contribution in [0.4, 0.5) is 0 Å². The molecule has 2 saturated heterocycles. The quantitative estimate of drug-likeness (QED) is 0.895. The number of fused-ring (bicyclic) bond motifs is 2. The van der Waals surface area contributed by atoms with Gasteiger partial charge in [0.25, 0.3) is 0 Å². The van der Waals surface area contributed by atoms with E-state index in [9.17, 15) is 5.11 Å². The van der Waals surface area contributed by atoms with Gasteiger partial charge >= 0.3 is 0 Å². The number of nitrogens with zero attached hydrogens (tertiary/aromatic N) is 1. The Kier molecular flexibility index (Phi) is 4.11. The maximum Gasteiger partial charge on any atom is 0.0717 e. The van der Waals surface area contributed by atoms with Crippen molar-refractivity contribution in [2.24, 2.45) is 0 Å². The average molecular weight is 301 g/mol. The summed E-state index contributed by atoms with van der Waals surface area (Å²) in [7, 11) is 2.24. The van der Waals surface area contributed by atoms with Crippen molar-refractivity contribution in [1.29, 1.82) is 0 Å². The van der Waals surface area contributed by atoms with Gasteiger partial charge in [-0.25, -0.2) is 0 Å². The molecule has 3 rings (SSSR count). The molecule has 1 aromatic rings. The molecule has 0 spiro atoms. The van der Waals surface area contributed by atoms with E-state index in [2.05, 4.69) is 57.0 Å². The first kappa shape index (κ1) is 16.0. The molecule has 0 aliphatic carbocycles. The van der Waals surface area contributed by atoms with Crippen LogP contribution >= 0.6 is 0 Å². The minimum atomic E-state index is -0.508. The minimum Gasteiger partial charge on any atom is -0.389 e. The zero-order valence-corrected chi connectivity index (χ0v) is 14.6. The van der Waals surface area contributed by atoms with Crippen molar-refractivity contribution >= 4 is 0 Å². The molecule has 2 bridgehead atoms. The van der Waals surface area contributed by atoms with Crippen LogP contribution in [0, 0.1) is 0 Å². The molecule has 2 heteroatoms. The molecule has 2 aliphatic heterocycles. The Labute approximate surface area is 135 Å². The standard InChI is InChI=1S/C20H31NO/c1-19(2,3)16-10-8-15(9-11-16)12-20(22)13-17-6-5-7-18(14-20)21(17)4/h8-11,17-18,22H,5-7,12-14H2,1-4H3. The van der Waals surface area contributed by atoms with Gasteiger partial charge < -0.3 is 10.0 Å². The fourth-order valence-corrected chi connectivity index (χ4v) is 4.39. The molecule has 2 unspecified atom stereocenters. The average Bonchev–Trinajstić information content (AvgIpc) is 2.40. The summed E-state index contributed by atoms with van der Waals surface area (Å²) in [5.74, 6) is 0. The molecule has 1 N–H and O–H groups in total. The molecule has 1 aromatic carbocycles. The molecular weight excluding hydrogens is 270 g/mol. The lowest BCUT2D eigenvalue weighted by Gasteiger charge is -2.50. The summed E-state index contributed by atoms with van der Waals surface area (Å²) in [6.45, 7) is 6.73. The Bertz CT molecular complexity index is 500. The third-order valence-electron chi connectivity index (χ3n) is 5.81. The van der Waals surface area contributed by atoms with Crippen LogP contribution < -0.4 is 0 Å². The van der Waals surface area contributed by atoms with Gasteiger partial charge in [0.2, 0.25) is 0 Å². The monoisotopic (exact) mass is 301 g/mol. The van der Waals surface area contributed by atoms with E-state index >= 15 is 0 Å². The number of benzene rings is 1. The van der Waals surface area contributed by atoms with Crippen LogP contribution in [0.2, 0.25) is 0 Å². The zero-order valence-electron chi connectivity index (χ0n) is 14.6. The van der Waals surface area contributed by atoms with Crippen LogP contribution in [-0.4, -0.2) is 34.7 Å². The van der Waals surface area contributed by atoms with E-state index in [0.717, 1.165) is 19.3 Å². The first-order chi connectivity index (χ1) is 10.3. The topological polar surface area (TPSA) is 23.5 Å². The maximum absolute atomic E-state index is 11.2. The highest BCUT2D eigenvalue weighted by Gasteiger charge is 2.43. The van der Waals surface area contributed by atoms with Gasteiger partial charge in [0.1, 0.15) is 0 Å².